The number of hydrogen-bond donors (Lipinski definition) is 1. The number of hydrogen-bond acceptors (Lipinski definition) is 2. The van der Waals surface area contributed by atoms with Gasteiger partial charge in [0.1, 0.15) is 0 Å². The van der Waals surface area contributed by atoms with Crippen molar-refractivity contribution in [3.63, 3.8) is 0 Å². The van der Waals surface area contributed by atoms with Gasteiger partial charge in [-0.05, 0) is 37.6 Å². The van der Waals surface area contributed by atoms with Gasteiger partial charge in [0.05, 0.1) is 6.20 Å². The van der Waals surface area contributed by atoms with E-state index < -0.39 is 0 Å². The number of nitrogens with zero attached hydrogens (tertiary/aromatic N) is 2. The Balaban J connectivity index is 2.04. The van der Waals surface area contributed by atoms with Crippen LogP contribution in [0.1, 0.15) is 57.6 Å². The van der Waals surface area contributed by atoms with E-state index >= 15 is 0 Å². The van der Waals surface area contributed by atoms with Gasteiger partial charge in [-0.15, -0.1) is 0 Å². The number of nitrogens with one attached hydrogen (secondary N) is 1. The lowest BCUT2D eigenvalue weighted by atomic mass is 9.78. The Hall–Kier alpha value is -0.830. The van der Waals surface area contributed by atoms with E-state index in [0.717, 1.165) is 18.4 Å². The average Bonchev–Trinajstić information content (AvgIpc) is 2.78. The minimum absolute atomic E-state index is 0.506. The molecule has 0 bridgehead atoms. The predicted octanol–water partition coefficient (Wildman–Crippen LogP) is 3.29. The van der Waals surface area contributed by atoms with Crippen molar-refractivity contribution in [2.75, 3.05) is 6.54 Å². The topological polar surface area (TPSA) is 29.9 Å². The molecule has 102 valence electrons. The zero-order chi connectivity index (χ0) is 13.0. The van der Waals surface area contributed by atoms with Crippen molar-refractivity contribution in [2.24, 2.45) is 18.9 Å². The Morgan fingerprint density at radius 2 is 2.11 bits per heavy atom. The monoisotopic (exact) mass is 249 g/mol. The Labute approximate surface area is 111 Å². The smallest absolute Gasteiger partial charge is 0.0537 e. The minimum Gasteiger partial charge on any atom is -0.310 e. The summed E-state index contributed by atoms with van der Waals surface area (Å²) in [7, 11) is 2.00. The van der Waals surface area contributed by atoms with Crippen molar-refractivity contribution in [3.05, 3.63) is 18.0 Å². The number of aryl methyl sites for hydroxylation is 1. The van der Waals surface area contributed by atoms with Gasteiger partial charge in [0, 0.05) is 24.8 Å². The predicted molar refractivity (Wildman–Crippen MR) is 75.4 cm³/mol. The normalized spacial score (nSPS) is 26.2. The SMILES string of the molecule is CCCNC(c1cnn(C)c1)C1CCC(C)CC1. The van der Waals surface area contributed by atoms with Crippen LogP contribution in [0.4, 0.5) is 0 Å². The van der Waals surface area contributed by atoms with Crippen molar-refractivity contribution in [1.29, 1.82) is 0 Å². The van der Waals surface area contributed by atoms with E-state index in [-0.39, 0.29) is 0 Å². The quantitative estimate of drug-likeness (QED) is 0.868. The van der Waals surface area contributed by atoms with Crippen LogP contribution >= 0.6 is 0 Å². The fourth-order valence-electron chi connectivity index (χ4n) is 3.08. The van der Waals surface area contributed by atoms with Crippen LogP contribution < -0.4 is 5.32 Å². The third kappa shape index (κ3) is 3.35. The summed E-state index contributed by atoms with van der Waals surface area (Å²) in [5, 5.41) is 8.06. The molecule has 2 rings (SSSR count). The first-order chi connectivity index (χ1) is 8.70. The molecule has 1 aliphatic carbocycles. The van der Waals surface area contributed by atoms with Gasteiger partial charge in [-0.25, -0.2) is 0 Å². The summed E-state index contributed by atoms with van der Waals surface area (Å²) >= 11 is 0. The maximum Gasteiger partial charge on any atom is 0.0537 e. The van der Waals surface area contributed by atoms with Crippen LogP contribution in [-0.2, 0) is 7.05 Å². The third-order valence-corrected chi connectivity index (χ3v) is 4.23. The van der Waals surface area contributed by atoms with Gasteiger partial charge in [-0.2, -0.15) is 5.10 Å². The standard InChI is InChI=1S/C15H27N3/c1-4-9-16-15(14-10-17-18(3)11-14)13-7-5-12(2)6-8-13/h10-13,15-16H,4-9H2,1-3H3. The fourth-order valence-corrected chi connectivity index (χ4v) is 3.08. The highest BCUT2D eigenvalue weighted by molar-refractivity contribution is 5.12. The Morgan fingerprint density at radius 1 is 1.39 bits per heavy atom. The lowest BCUT2D eigenvalue weighted by molar-refractivity contribution is 0.231. The van der Waals surface area contributed by atoms with Gasteiger partial charge in [0.25, 0.3) is 0 Å². The Bertz CT molecular complexity index is 350. The highest BCUT2D eigenvalue weighted by atomic mass is 15.2. The lowest BCUT2D eigenvalue weighted by Crippen LogP contribution is -2.31. The molecular weight excluding hydrogens is 222 g/mol. The second kappa shape index (κ2) is 6.37. The van der Waals surface area contributed by atoms with E-state index in [4.69, 9.17) is 0 Å². The minimum atomic E-state index is 0.506. The molecule has 1 saturated carbocycles. The van der Waals surface area contributed by atoms with Gasteiger partial charge in [-0.3, -0.25) is 4.68 Å². The van der Waals surface area contributed by atoms with Crippen molar-refractivity contribution in [2.45, 2.75) is 52.0 Å². The highest BCUT2D eigenvalue weighted by Crippen LogP contribution is 2.36. The molecular formula is C15H27N3. The second-order valence-corrected chi connectivity index (χ2v) is 5.90. The molecule has 1 aromatic rings. The van der Waals surface area contributed by atoms with Crippen LogP contribution in [-0.4, -0.2) is 16.3 Å². The summed E-state index contributed by atoms with van der Waals surface area (Å²) in [6, 6.07) is 0.506. The summed E-state index contributed by atoms with van der Waals surface area (Å²) in [6.07, 6.45) is 10.9. The van der Waals surface area contributed by atoms with E-state index in [0.29, 0.717) is 6.04 Å². The van der Waals surface area contributed by atoms with Crippen LogP contribution in [0.15, 0.2) is 12.4 Å². The summed E-state index contributed by atoms with van der Waals surface area (Å²) in [5.74, 6) is 1.71. The molecule has 1 aliphatic rings. The molecule has 1 aromatic heterocycles. The van der Waals surface area contributed by atoms with E-state index in [9.17, 15) is 0 Å². The van der Waals surface area contributed by atoms with Crippen molar-refractivity contribution in [1.82, 2.24) is 15.1 Å². The zero-order valence-corrected chi connectivity index (χ0v) is 12.0. The molecule has 1 N–H and O–H groups in total. The van der Waals surface area contributed by atoms with Crippen molar-refractivity contribution in [3.8, 4) is 0 Å². The number of aromatic nitrogens is 2. The molecule has 1 fully saturated rings. The molecule has 0 spiro atoms. The highest BCUT2D eigenvalue weighted by Gasteiger charge is 2.27. The van der Waals surface area contributed by atoms with Crippen molar-refractivity contribution < 1.29 is 0 Å². The molecule has 0 amide bonds. The Morgan fingerprint density at radius 3 is 2.67 bits per heavy atom. The zero-order valence-electron chi connectivity index (χ0n) is 12.0. The molecule has 3 nitrogen and oxygen atoms in total. The van der Waals surface area contributed by atoms with Crippen molar-refractivity contribution >= 4 is 0 Å². The van der Waals surface area contributed by atoms with Crippen LogP contribution in [0.5, 0.6) is 0 Å². The first kappa shape index (κ1) is 13.6. The second-order valence-electron chi connectivity index (χ2n) is 5.90. The summed E-state index contributed by atoms with van der Waals surface area (Å²) in [6.45, 7) is 5.72. The van der Waals surface area contributed by atoms with Gasteiger partial charge in [-0.1, -0.05) is 26.7 Å². The molecule has 1 heterocycles. The summed E-state index contributed by atoms with van der Waals surface area (Å²) in [5.41, 5.74) is 1.37. The lowest BCUT2D eigenvalue weighted by Gasteiger charge is -2.33. The summed E-state index contributed by atoms with van der Waals surface area (Å²) in [4.78, 5) is 0. The maximum atomic E-state index is 4.33. The maximum absolute atomic E-state index is 4.33. The van der Waals surface area contributed by atoms with Gasteiger partial charge >= 0.3 is 0 Å². The van der Waals surface area contributed by atoms with E-state index in [1.807, 2.05) is 17.9 Å². The number of rotatable bonds is 5. The van der Waals surface area contributed by atoms with Crippen LogP contribution in [0, 0.1) is 11.8 Å². The van der Waals surface area contributed by atoms with Gasteiger partial charge in [0.15, 0.2) is 0 Å². The Kier molecular flexibility index (Phi) is 4.81. The fraction of sp³-hybridized carbons (Fsp3) is 0.800. The van der Waals surface area contributed by atoms with Crippen LogP contribution in [0.25, 0.3) is 0 Å². The van der Waals surface area contributed by atoms with Crippen LogP contribution in [0.3, 0.4) is 0 Å². The first-order valence-corrected chi connectivity index (χ1v) is 7.42. The van der Waals surface area contributed by atoms with E-state index in [2.05, 4.69) is 30.5 Å². The molecule has 3 heteroatoms. The van der Waals surface area contributed by atoms with E-state index in [1.165, 1.54) is 37.7 Å². The molecule has 0 aliphatic heterocycles. The molecule has 0 radical (unpaired) electrons. The molecule has 18 heavy (non-hydrogen) atoms. The largest absolute Gasteiger partial charge is 0.310 e. The van der Waals surface area contributed by atoms with Crippen LogP contribution in [0.2, 0.25) is 0 Å². The average molecular weight is 249 g/mol. The third-order valence-electron chi connectivity index (χ3n) is 4.23. The molecule has 1 unspecified atom stereocenters. The molecule has 1 atom stereocenters. The first-order valence-electron chi connectivity index (χ1n) is 7.42. The molecule has 0 aromatic carbocycles. The summed E-state index contributed by atoms with van der Waals surface area (Å²) < 4.78 is 1.92. The van der Waals surface area contributed by atoms with E-state index in [1.54, 1.807) is 0 Å². The van der Waals surface area contributed by atoms with Gasteiger partial charge in [0.2, 0.25) is 0 Å². The molecule has 0 saturated heterocycles. The van der Waals surface area contributed by atoms with Gasteiger partial charge < -0.3 is 5.32 Å².